The Balaban J connectivity index is 2.25. The lowest BCUT2D eigenvalue weighted by Gasteiger charge is -2.10. The molecule has 3 nitrogen and oxygen atoms in total. The molecule has 1 aromatic rings. The van der Waals surface area contributed by atoms with E-state index in [1.807, 2.05) is 6.07 Å². The Kier molecular flexibility index (Phi) is 5.43. The van der Waals surface area contributed by atoms with E-state index in [9.17, 15) is 0 Å². The first-order valence-corrected chi connectivity index (χ1v) is 5.61. The van der Waals surface area contributed by atoms with E-state index < -0.39 is 0 Å². The van der Waals surface area contributed by atoms with E-state index in [4.69, 9.17) is 14.9 Å². The van der Waals surface area contributed by atoms with Gasteiger partial charge in [-0.2, -0.15) is 0 Å². The van der Waals surface area contributed by atoms with Crippen LogP contribution < -0.4 is 5.73 Å². The summed E-state index contributed by atoms with van der Waals surface area (Å²) in [6.45, 7) is 6.23. The highest BCUT2D eigenvalue weighted by Gasteiger charge is 2.06. The largest absolute Gasteiger partial charge is 0.467 e. The zero-order valence-electron chi connectivity index (χ0n) is 9.66. The summed E-state index contributed by atoms with van der Waals surface area (Å²) in [6, 6.07) is 1.90. The van der Waals surface area contributed by atoms with Gasteiger partial charge in [-0.1, -0.05) is 20.3 Å². The van der Waals surface area contributed by atoms with Crippen molar-refractivity contribution in [3.05, 3.63) is 23.7 Å². The predicted octanol–water partition coefficient (Wildman–Crippen LogP) is 2.69. The molecule has 0 saturated carbocycles. The highest BCUT2D eigenvalue weighted by Crippen LogP contribution is 2.12. The summed E-state index contributed by atoms with van der Waals surface area (Å²) < 4.78 is 10.9. The maximum Gasteiger partial charge on any atom is 0.133 e. The van der Waals surface area contributed by atoms with E-state index >= 15 is 0 Å². The van der Waals surface area contributed by atoms with Crippen LogP contribution in [0.25, 0.3) is 0 Å². The Morgan fingerprint density at radius 3 is 3.00 bits per heavy atom. The maximum atomic E-state index is 5.59. The molecule has 15 heavy (non-hydrogen) atoms. The molecule has 1 aromatic heterocycles. The van der Waals surface area contributed by atoms with Gasteiger partial charge >= 0.3 is 0 Å². The van der Waals surface area contributed by atoms with Crippen LogP contribution in [0.5, 0.6) is 0 Å². The molecule has 0 spiro atoms. The molecule has 1 atom stereocenters. The van der Waals surface area contributed by atoms with Crippen molar-refractivity contribution in [3.8, 4) is 0 Å². The van der Waals surface area contributed by atoms with Gasteiger partial charge in [0, 0.05) is 18.7 Å². The summed E-state index contributed by atoms with van der Waals surface area (Å²) >= 11 is 0. The van der Waals surface area contributed by atoms with Gasteiger partial charge < -0.3 is 14.9 Å². The third kappa shape index (κ3) is 4.06. The molecule has 1 unspecified atom stereocenters. The first-order valence-electron chi connectivity index (χ1n) is 5.61. The van der Waals surface area contributed by atoms with Gasteiger partial charge in [-0.3, -0.25) is 0 Å². The molecule has 0 bridgehead atoms. The van der Waals surface area contributed by atoms with Crippen molar-refractivity contribution in [2.45, 2.75) is 39.8 Å². The van der Waals surface area contributed by atoms with Crippen molar-refractivity contribution in [2.75, 3.05) is 6.61 Å². The average molecular weight is 211 g/mol. The van der Waals surface area contributed by atoms with Gasteiger partial charge in [0.05, 0.1) is 6.26 Å². The second-order valence-electron chi connectivity index (χ2n) is 3.98. The minimum atomic E-state index is 0.514. The van der Waals surface area contributed by atoms with E-state index in [0.717, 1.165) is 17.9 Å². The van der Waals surface area contributed by atoms with Crippen LogP contribution >= 0.6 is 0 Å². The normalized spacial score (nSPS) is 13.0. The van der Waals surface area contributed by atoms with E-state index in [2.05, 4.69) is 13.8 Å². The smallest absolute Gasteiger partial charge is 0.133 e. The van der Waals surface area contributed by atoms with E-state index in [0.29, 0.717) is 19.1 Å². The molecule has 0 aliphatic carbocycles. The average Bonchev–Trinajstić information content (AvgIpc) is 2.66. The highest BCUT2D eigenvalue weighted by atomic mass is 16.5. The van der Waals surface area contributed by atoms with Gasteiger partial charge in [0.15, 0.2) is 0 Å². The molecule has 3 heteroatoms. The predicted molar refractivity (Wildman–Crippen MR) is 60.3 cm³/mol. The third-order valence-corrected chi connectivity index (χ3v) is 2.47. The number of ether oxygens (including phenoxy) is 1. The van der Waals surface area contributed by atoms with Crippen molar-refractivity contribution in [1.82, 2.24) is 0 Å². The van der Waals surface area contributed by atoms with Gasteiger partial charge in [0.2, 0.25) is 0 Å². The van der Waals surface area contributed by atoms with Crippen molar-refractivity contribution in [2.24, 2.45) is 11.7 Å². The fraction of sp³-hybridized carbons (Fsp3) is 0.667. The van der Waals surface area contributed by atoms with Crippen LogP contribution in [0.2, 0.25) is 0 Å². The van der Waals surface area contributed by atoms with Crippen LogP contribution in [0.1, 0.15) is 38.0 Å². The van der Waals surface area contributed by atoms with Crippen molar-refractivity contribution >= 4 is 0 Å². The Hall–Kier alpha value is -0.800. The lowest BCUT2D eigenvalue weighted by Crippen LogP contribution is -2.06. The zero-order valence-corrected chi connectivity index (χ0v) is 9.66. The molecule has 0 aliphatic heterocycles. The summed E-state index contributed by atoms with van der Waals surface area (Å²) in [5, 5.41) is 0. The van der Waals surface area contributed by atoms with Crippen molar-refractivity contribution in [3.63, 3.8) is 0 Å². The maximum absolute atomic E-state index is 5.59. The second-order valence-corrected chi connectivity index (χ2v) is 3.98. The highest BCUT2D eigenvalue weighted by molar-refractivity contribution is 5.15. The van der Waals surface area contributed by atoms with Crippen molar-refractivity contribution in [1.29, 1.82) is 0 Å². The van der Waals surface area contributed by atoms with Gasteiger partial charge in [-0.25, -0.2) is 0 Å². The molecule has 2 N–H and O–H groups in total. The minimum absolute atomic E-state index is 0.514. The van der Waals surface area contributed by atoms with Crippen LogP contribution in [0.15, 0.2) is 16.7 Å². The van der Waals surface area contributed by atoms with Crippen LogP contribution in [-0.4, -0.2) is 6.61 Å². The number of hydrogen-bond donors (Lipinski definition) is 1. The SMILES string of the molecule is CCCC(C)COCc1occc1CN. The molecule has 0 radical (unpaired) electrons. The molecule has 1 rings (SSSR count). The standard InChI is InChI=1S/C12H21NO2/c1-3-4-10(2)8-14-9-12-11(7-13)5-6-15-12/h5-6,10H,3-4,7-9,13H2,1-2H3. The summed E-state index contributed by atoms with van der Waals surface area (Å²) in [6.07, 6.45) is 4.08. The molecule has 0 amide bonds. The fourth-order valence-corrected chi connectivity index (χ4v) is 1.60. The number of furan rings is 1. The minimum Gasteiger partial charge on any atom is -0.467 e. The fourth-order valence-electron chi connectivity index (χ4n) is 1.60. The lowest BCUT2D eigenvalue weighted by atomic mass is 10.1. The number of nitrogens with two attached hydrogens (primary N) is 1. The van der Waals surface area contributed by atoms with E-state index in [1.54, 1.807) is 6.26 Å². The first-order chi connectivity index (χ1) is 7.27. The Labute approximate surface area is 91.6 Å². The summed E-state index contributed by atoms with van der Waals surface area (Å²) in [5.41, 5.74) is 6.60. The Morgan fingerprint density at radius 2 is 2.33 bits per heavy atom. The summed E-state index contributed by atoms with van der Waals surface area (Å²) in [7, 11) is 0. The molecular formula is C12H21NO2. The van der Waals surface area contributed by atoms with Crippen LogP contribution in [0, 0.1) is 5.92 Å². The Morgan fingerprint density at radius 1 is 1.53 bits per heavy atom. The topological polar surface area (TPSA) is 48.4 Å². The second kappa shape index (κ2) is 6.64. The summed E-state index contributed by atoms with van der Waals surface area (Å²) in [5.74, 6) is 1.48. The van der Waals surface area contributed by atoms with Gasteiger partial charge in [0.1, 0.15) is 12.4 Å². The first kappa shape index (κ1) is 12.3. The Bertz CT molecular complexity index is 270. The number of rotatable bonds is 7. The van der Waals surface area contributed by atoms with Gasteiger partial charge in [-0.15, -0.1) is 0 Å². The van der Waals surface area contributed by atoms with Crippen LogP contribution in [0.3, 0.4) is 0 Å². The van der Waals surface area contributed by atoms with E-state index in [1.165, 1.54) is 12.8 Å². The molecule has 1 heterocycles. The van der Waals surface area contributed by atoms with Gasteiger partial charge in [0.25, 0.3) is 0 Å². The molecular weight excluding hydrogens is 190 g/mol. The molecule has 0 saturated heterocycles. The molecule has 0 fully saturated rings. The zero-order chi connectivity index (χ0) is 11.1. The van der Waals surface area contributed by atoms with Crippen molar-refractivity contribution < 1.29 is 9.15 Å². The quantitative estimate of drug-likeness (QED) is 0.754. The number of hydrogen-bond acceptors (Lipinski definition) is 3. The molecule has 86 valence electrons. The summed E-state index contributed by atoms with van der Waals surface area (Å²) in [4.78, 5) is 0. The van der Waals surface area contributed by atoms with Crippen LogP contribution in [0.4, 0.5) is 0 Å². The molecule has 0 aromatic carbocycles. The van der Waals surface area contributed by atoms with Gasteiger partial charge in [-0.05, 0) is 18.4 Å². The lowest BCUT2D eigenvalue weighted by molar-refractivity contribution is 0.0770. The monoisotopic (exact) mass is 211 g/mol. The third-order valence-electron chi connectivity index (χ3n) is 2.47. The van der Waals surface area contributed by atoms with E-state index in [-0.39, 0.29) is 0 Å². The molecule has 0 aliphatic rings. The van der Waals surface area contributed by atoms with Crippen LogP contribution in [-0.2, 0) is 17.9 Å².